The lowest BCUT2D eigenvalue weighted by Gasteiger charge is -1.79. The molecule has 0 aliphatic heterocycles. The van der Waals surface area contributed by atoms with Crippen LogP contribution in [0.2, 0.25) is 0 Å². The Kier molecular flexibility index (Phi) is 52.9. The summed E-state index contributed by atoms with van der Waals surface area (Å²) in [7, 11) is 0. The zero-order chi connectivity index (χ0) is 21.5. The fourth-order valence-corrected chi connectivity index (χ4v) is 0. The molecule has 4 N–H and O–H groups in total. The summed E-state index contributed by atoms with van der Waals surface area (Å²) in [5.41, 5.74) is 0. The molecule has 0 aliphatic rings. The van der Waals surface area contributed by atoms with Gasteiger partial charge in [0.2, 0.25) is 0 Å². The standard InChI is InChI=1S/4C4H10.2CH2O3/c4*1-4(2)3;2*2-1(3)4/h4*4H,1-3H3;2*(H2,2,3,4). The summed E-state index contributed by atoms with van der Waals surface area (Å²) in [5, 5.41) is 27.9. The summed E-state index contributed by atoms with van der Waals surface area (Å²) in [5.74, 6) is 3.33. The first kappa shape index (κ1) is 38.2. The van der Waals surface area contributed by atoms with Crippen LogP contribution in [0.4, 0.5) is 9.59 Å². The Bertz CT molecular complexity index is 169. The van der Waals surface area contributed by atoms with E-state index in [0.717, 1.165) is 23.7 Å². The molecule has 0 saturated heterocycles. The lowest BCUT2D eigenvalue weighted by molar-refractivity contribution is 0.135. The van der Waals surface area contributed by atoms with Crippen molar-refractivity contribution >= 4 is 12.3 Å². The number of carbonyl (C=O) groups is 2. The van der Waals surface area contributed by atoms with Crippen molar-refractivity contribution < 1.29 is 30.0 Å². The normalized spacial score (nSPS) is 8.00. The van der Waals surface area contributed by atoms with Crippen LogP contribution in [0.25, 0.3) is 0 Å². The fraction of sp³-hybridized carbons (Fsp3) is 0.889. The van der Waals surface area contributed by atoms with Crippen molar-refractivity contribution in [2.75, 3.05) is 0 Å². The summed E-state index contributed by atoms with van der Waals surface area (Å²) in [6, 6.07) is 0. The van der Waals surface area contributed by atoms with Gasteiger partial charge in [-0.2, -0.15) is 0 Å². The summed E-state index contributed by atoms with van der Waals surface area (Å²) >= 11 is 0. The van der Waals surface area contributed by atoms with Gasteiger partial charge in [-0.15, -0.1) is 0 Å². The second-order valence-electron chi connectivity index (χ2n) is 7.49. The van der Waals surface area contributed by atoms with E-state index in [1.54, 1.807) is 0 Å². The molecule has 0 fully saturated rings. The van der Waals surface area contributed by atoms with E-state index < -0.39 is 12.3 Å². The molecule has 6 nitrogen and oxygen atoms in total. The highest BCUT2D eigenvalue weighted by atomic mass is 16.6. The number of hydrogen-bond donors (Lipinski definition) is 4. The van der Waals surface area contributed by atoms with Gasteiger partial charge in [-0.1, -0.05) is 83.1 Å². The molecule has 0 rings (SSSR count). The third kappa shape index (κ3) is 3680. The zero-order valence-electron chi connectivity index (χ0n) is 17.9. The molecule has 0 aromatic carbocycles. The molecule has 0 unspecified atom stereocenters. The molecular formula is C18H44O6. The predicted octanol–water partition coefficient (Wildman–Crippen LogP) is 7.09. The Morgan fingerprint density at radius 2 is 0.417 bits per heavy atom. The highest BCUT2D eigenvalue weighted by molar-refractivity contribution is 5.53. The Hall–Kier alpha value is -1.46. The SMILES string of the molecule is CC(C)C.CC(C)C.CC(C)C.CC(C)C.O=C(O)O.O=C(O)O. The molecule has 0 atom stereocenters. The minimum atomic E-state index is -1.83. The second-order valence-corrected chi connectivity index (χ2v) is 7.49. The van der Waals surface area contributed by atoms with Crippen LogP contribution in [0.1, 0.15) is 83.1 Å². The van der Waals surface area contributed by atoms with E-state index in [9.17, 15) is 0 Å². The number of carboxylic acid groups (broad SMARTS) is 4. The number of hydrogen-bond acceptors (Lipinski definition) is 2. The first-order valence-corrected chi connectivity index (χ1v) is 8.23. The van der Waals surface area contributed by atoms with Crippen LogP contribution in [0.15, 0.2) is 0 Å². The van der Waals surface area contributed by atoms with Crippen LogP contribution in [-0.2, 0) is 0 Å². The van der Waals surface area contributed by atoms with Crippen molar-refractivity contribution in [1.82, 2.24) is 0 Å². The van der Waals surface area contributed by atoms with E-state index in [1.165, 1.54) is 0 Å². The van der Waals surface area contributed by atoms with Gasteiger partial charge in [0.25, 0.3) is 0 Å². The molecule has 152 valence electrons. The predicted molar refractivity (Wildman–Crippen MR) is 103 cm³/mol. The third-order valence-electron chi connectivity index (χ3n) is 0. The fourth-order valence-electron chi connectivity index (χ4n) is 0. The van der Waals surface area contributed by atoms with E-state index in [0.29, 0.717) is 0 Å². The maximum atomic E-state index is 8.56. The molecule has 0 bridgehead atoms. The maximum absolute atomic E-state index is 8.56. The zero-order valence-corrected chi connectivity index (χ0v) is 17.9. The van der Waals surface area contributed by atoms with Gasteiger partial charge in [0.1, 0.15) is 0 Å². The minimum absolute atomic E-state index is 0.833. The van der Waals surface area contributed by atoms with Crippen molar-refractivity contribution in [3.05, 3.63) is 0 Å². The summed E-state index contributed by atoms with van der Waals surface area (Å²) in [6.45, 7) is 26.0. The molecule has 0 saturated carbocycles. The first-order chi connectivity index (χ1) is 10.4. The van der Waals surface area contributed by atoms with E-state index >= 15 is 0 Å². The van der Waals surface area contributed by atoms with Crippen LogP contribution in [-0.4, -0.2) is 32.7 Å². The smallest absolute Gasteiger partial charge is 0.450 e. The van der Waals surface area contributed by atoms with Gasteiger partial charge in [-0.05, 0) is 23.7 Å². The highest BCUT2D eigenvalue weighted by Gasteiger charge is 1.71. The third-order valence-corrected chi connectivity index (χ3v) is 0. The average molecular weight is 357 g/mol. The first-order valence-electron chi connectivity index (χ1n) is 8.23. The Balaban J connectivity index is -0.0000000405. The Labute approximate surface area is 149 Å². The topological polar surface area (TPSA) is 115 Å². The van der Waals surface area contributed by atoms with Gasteiger partial charge in [0, 0.05) is 0 Å². The molecule has 0 aromatic heterocycles. The average Bonchev–Trinajstić information content (AvgIpc) is 2.08. The highest BCUT2D eigenvalue weighted by Crippen LogP contribution is 1.82. The van der Waals surface area contributed by atoms with Crippen molar-refractivity contribution in [2.24, 2.45) is 23.7 Å². The second kappa shape index (κ2) is 33.2. The van der Waals surface area contributed by atoms with E-state index in [2.05, 4.69) is 83.1 Å². The van der Waals surface area contributed by atoms with Crippen LogP contribution in [0.3, 0.4) is 0 Å². The molecule has 0 heterocycles. The lowest BCUT2D eigenvalue weighted by atomic mass is 10.3. The maximum Gasteiger partial charge on any atom is 0.503 e. The summed E-state index contributed by atoms with van der Waals surface area (Å²) < 4.78 is 0. The van der Waals surface area contributed by atoms with Gasteiger partial charge in [-0.25, -0.2) is 9.59 Å². The van der Waals surface area contributed by atoms with Gasteiger partial charge in [-0.3, -0.25) is 0 Å². The molecule has 6 heteroatoms. The lowest BCUT2D eigenvalue weighted by Crippen LogP contribution is -1.81. The molecule has 0 aromatic rings. The van der Waals surface area contributed by atoms with Crippen molar-refractivity contribution in [1.29, 1.82) is 0 Å². The quantitative estimate of drug-likeness (QED) is 0.368. The summed E-state index contributed by atoms with van der Waals surface area (Å²) in [4.78, 5) is 17.1. The van der Waals surface area contributed by atoms with Gasteiger partial charge in [0.05, 0.1) is 0 Å². The van der Waals surface area contributed by atoms with Crippen LogP contribution < -0.4 is 0 Å². The van der Waals surface area contributed by atoms with E-state index in [1.807, 2.05) is 0 Å². The molecule has 0 amide bonds. The number of rotatable bonds is 0. The Morgan fingerprint density at radius 3 is 0.417 bits per heavy atom. The molecule has 24 heavy (non-hydrogen) atoms. The van der Waals surface area contributed by atoms with Gasteiger partial charge >= 0.3 is 12.3 Å². The molecular weight excluding hydrogens is 312 g/mol. The van der Waals surface area contributed by atoms with Crippen molar-refractivity contribution in [3.8, 4) is 0 Å². The van der Waals surface area contributed by atoms with Crippen LogP contribution >= 0.6 is 0 Å². The van der Waals surface area contributed by atoms with Crippen molar-refractivity contribution in [3.63, 3.8) is 0 Å². The Morgan fingerprint density at radius 1 is 0.417 bits per heavy atom. The minimum Gasteiger partial charge on any atom is -0.450 e. The molecule has 0 spiro atoms. The van der Waals surface area contributed by atoms with Crippen molar-refractivity contribution in [2.45, 2.75) is 83.1 Å². The molecule has 0 aliphatic carbocycles. The van der Waals surface area contributed by atoms with E-state index in [4.69, 9.17) is 30.0 Å². The van der Waals surface area contributed by atoms with Crippen LogP contribution in [0, 0.1) is 23.7 Å². The summed E-state index contributed by atoms with van der Waals surface area (Å²) in [6.07, 6.45) is -3.67. The van der Waals surface area contributed by atoms with Gasteiger partial charge in [0.15, 0.2) is 0 Å². The monoisotopic (exact) mass is 356 g/mol. The van der Waals surface area contributed by atoms with Gasteiger partial charge < -0.3 is 20.4 Å². The largest absolute Gasteiger partial charge is 0.503 e. The molecule has 0 radical (unpaired) electrons. The van der Waals surface area contributed by atoms with Crippen LogP contribution in [0.5, 0.6) is 0 Å². The van der Waals surface area contributed by atoms with E-state index in [-0.39, 0.29) is 0 Å².